The van der Waals surface area contributed by atoms with Crippen LogP contribution in [0.1, 0.15) is 31.1 Å². The van der Waals surface area contributed by atoms with Crippen molar-refractivity contribution in [1.82, 2.24) is 4.90 Å². The Morgan fingerprint density at radius 2 is 2.11 bits per heavy atom. The average molecular weight is 269 g/mol. The fourth-order valence-electron chi connectivity index (χ4n) is 1.71. The molecule has 18 heavy (non-hydrogen) atoms. The summed E-state index contributed by atoms with van der Waals surface area (Å²) in [7, 11) is 0. The summed E-state index contributed by atoms with van der Waals surface area (Å²) in [6.45, 7) is 7.93. The van der Waals surface area contributed by atoms with E-state index in [0.29, 0.717) is 30.2 Å². The molecular weight excluding hydrogens is 248 g/mol. The van der Waals surface area contributed by atoms with Crippen LogP contribution in [0.15, 0.2) is 24.3 Å². The van der Waals surface area contributed by atoms with Gasteiger partial charge in [-0.05, 0) is 37.1 Å². The lowest BCUT2D eigenvalue weighted by atomic mass is 9.93. The van der Waals surface area contributed by atoms with Gasteiger partial charge < -0.3 is 10.6 Å². The van der Waals surface area contributed by atoms with Gasteiger partial charge in [-0.15, -0.1) is 0 Å². The minimum absolute atomic E-state index is 0.00141. The first kappa shape index (κ1) is 15.0. The molecule has 0 fully saturated rings. The lowest BCUT2D eigenvalue weighted by Crippen LogP contribution is -2.41. The molecule has 0 aromatic heterocycles. The Bertz CT molecular complexity index is 418. The van der Waals surface area contributed by atoms with Crippen LogP contribution >= 0.6 is 11.6 Å². The topological polar surface area (TPSA) is 46.3 Å². The van der Waals surface area contributed by atoms with Crippen molar-refractivity contribution in [3.05, 3.63) is 34.9 Å². The van der Waals surface area contributed by atoms with E-state index >= 15 is 0 Å². The molecular formula is C14H21ClN2O. The molecule has 2 N–H and O–H groups in total. The number of carbonyl (C=O) groups is 1. The summed E-state index contributed by atoms with van der Waals surface area (Å²) in [6.07, 6.45) is 0. The molecule has 0 aliphatic carbocycles. The summed E-state index contributed by atoms with van der Waals surface area (Å²) >= 11 is 5.91. The number of hydrogen-bond donors (Lipinski definition) is 1. The molecule has 100 valence electrons. The van der Waals surface area contributed by atoms with Gasteiger partial charge in [-0.1, -0.05) is 31.5 Å². The molecule has 1 aromatic rings. The fraction of sp³-hybridized carbons (Fsp3) is 0.500. The van der Waals surface area contributed by atoms with Crippen LogP contribution in [-0.2, 0) is 0 Å². The number of nitrogens with two attached hydrogens (primary N) is 1. The van der Waals surface area contributed by atoms with Crippen LogP contribution in [0.5, 0.6) is 0 Å². The standard InChI is InChI=1S/C14H21ClN2O/c1-4-17(10-14(2,3)9-16)13(18)11-6-5-7-12(15)8-11/h5-8H,4,9-10,16H2,1-3H3. The maximum absolute atomic E-state index is 12.3. The summed E-state index contributed by atoms with van der Waals surface area (Å²) in [5, 5.41) is 0.579. The quantitative estimate of drug-likeness (QED) is 0.893. The smallest absolute Gasteiger partial charge is 0.253 e. The predicted octanol–water partition coefficient (Wildman–Crippen LogP) is 2.79. The maximum Gasteiger partial charge on any atom is 0.253 e. The van der Waals surface area contributed by atoms with E-state index in [1.165, 1.54) is 0 Å². The third-order valence-corrected chi connectivity index (χ3v) is 3.15. The number of carbonyl (C=O) groups excluding carboxylic acids is 1. The molecule has 0 aliphatic heterocycles. The first-order valence-corrected chi connectivity index (χ1v) is 6.52. The van der Waals surface area contributed by atoms with Crippen LogP contribution in [0.4, 0.5) is 0 Å². The highest BCUT2D eigenvalue weighted by molar-refractivity contribution is 6.30. The number of nitrogens with zero attached hydrogens (tertiary/aromatic N) is 1. The summed E-state index contributed by atoms with van der Waals surface area (Å²) in [5.74, 6) is 0.00141. The normalized spacial score (nSPS) is 11.4. The molecule has 1 rings (SSSR count). The van der Waals surface area contributed by atoms with Crippen LogP contribution in [0, 0.1) is 5.41 Å². The first-order valence-electron chi connectivity index (χ1n) is 6.14. The summed E-state index contributed by atoms with van der Waals surface area (Å²) < 4.78 is 0. The lowest BCUT2D eigenvalue weighted by molar-refractivity contribution is 0.0701. The van der Waals surface area contributed by atoms with Gasteiger partial charge in [-0.25, -0.2) is 0 Å². The fourth-order valence-corrected chi connectivity index (χ4v) is 1.90. The van der Waals surface area contributed by atoms with Gasteiger partial charge in [0.05, 0.1) is 0 Å². The summed E-state index contributed by atoms with van der Waals surface area (Å²) in [4.78, 5) is 14.2. The van der Waals surface area contributed by atoms with Gasteiger partial charge in [0, 0.05) is 23.7 Å². The molecule has 0 unspecified atom stereocenters. The summed E-state index contributed by atoms with van der Waals surface area (Å²) in [6, 6.07) is 7.03. The van der Waals surface area contributed by atoms with Crippen molar-refractivity contribution in [1.29, 1.82) is 0 Å². The van der Waals surface area contributed by atoms with Gasteiger partial charge in [0.1, 0.15) is 0 Å². The number of halogens is 1. The molecule has 0 saturated heterocycles. The molecule has 0 heterocycles. The highest BCUT2D eigenvalue weighted by Crippen LogP contribution is 2.18. The zero-order chi connectivity index (χ0) is 13.8. The van der Waals surface area contributed by atoms with E-state index in [4.69, 9.17) is 17.3 Å². The van der Waals surface area contributed by atoms with Crippen molar-refractivity contribution in [2.45, 2.75) is 20.8 Å². The van der Waals surface area contributed by atoms with Crippen LogP contribution < -0.4 is 5.73 Å². The minimum Gasteiger partial charge on any atom is -0.338 e. The highest BCUT2D eigenvalue weighted by atomic mass is 35.5. The molecule has 3 nitrogen and oxygen atoms in total. The van der Waals surface area contributed by atoms with E-state index in [2.05, 4.69) is 13.8 Å². The SMILES string of the molecule is CCN(CC(C)(C)CN)C(=O)c1cccc(Cl)c1. The van der Waals surface area contributed by atoms with E-state index in [0.717, 1.165) is 0 Å². The monoisotopic (exact) mass is 268 g/mol. The highest BCUT2D eigenvalue weighted by Gasteiger charge is 2.23. The molecule has 0 saturated carbocycles. The number of rotatable bonds is 5. The van der Waals surface area contributed by atoms with Crippen molar-refractivity contribution in [2.75, 3.05) is 19.6 Å². The number of hydrogen-bond acceptors (Lipinski definition) is 2. The minimum atomic E-state index is -0.0791. The Morgan fingerprint density at radius 1 is 1.44 bits per heavy atom. The van der Waals surface area contributed by atoms with Crippen LogP contribution in [0.2, 0.25) is 5.02 Å². The molecule has 0 aliphatic rings. The van der Waals surface area contributed by atoms with Crippen molar-refractivity contribution in [3.63, 3.8) is 0 Å². The van der Waals surface area contributed by atoms with Gasteiger partial charge in [0.25, 0.3) is 5.91 Å². The zero-order valence-electron chi connectivity index (χ0n) is 11.2. The number of benzene rings is 1. The van der Waals surface area contributed by atoms with E-state index in [1.807, 2.05) is 6.92 Å². The second kappa shape index (κ2) is 6.21. The molecule has 1 amide bonds. The Labute approximate surface area is 114 Å². The van der Waals surface area contributed by atoms with Crippen LogP contribution in [0.25, 0.3) is 0 Å². The lowest BCUT2D eigenvalue weighted by Gasteiger charge is -2.31. The van der Waals surface area contributed by atoms with Crippen LogP contribution in [-0.4, -0.2) is 30.4 Å². The van der Waals surface area contributed by atoms with Gasteiger partial charge in [-0.3, -0.25) is 4.79 Å². The molecule has 0 spiro atoms. The predicted molar refractivity (Wildman–Crippen MR) is 75.9 cm³/mol. The van der Waals surface area contributed by atoms with Crippen molar-refractivity contribution in [2.24, 2.45) is 11.1 Å². The molecule has 1 aromatic carbocycles. The van der Waals surface area contributed by atoms with Crippen LogP contribution in [0.3, 0.4) is 0 Å². The molecule has 4 heteroatoms. The molecule has 0 atom stereocenters. The van der Waals surface area contributed by atoms with Gasteiger partial charge in [0.2, 0.25) is 0 Å². The van der Waals surface area contributed by atoms with Gasteiger partial charge in [0.15, 0.2) is 0 Å². The van der Waals surface area contributed by atoms with E-state index in [1.54, 1.807) is 29.2 Å². The van der Waals surface area contributed by atoms with Crippen molar-refractivity contribution < 1.29 is 4.79 Å². The number of amides is 1. The average Bonchev–Trinajstić information content (AvgIpc) is 2.35. The Kier molecular flexibility index (Phi) is 5.17. The second-order valence-electron chi connectivity index (χ2n) is 5.20. The maximum atomic E-state index is 12.3. The Balaban J connectivity index is 2.86. The zero-order valence-corrected chi connectivity index (χ0v) is 12.0. The van der Waals surface area contributed by atoms with Crippen molar-refractivity contribution >= 4 is 17.5 Å². The third kappa shape index (κ3) is 4.00. The van der Waals surface area contributed by atoms with E-state index in [9.17, 15) is 4.79 Å². The Morgan fingerprint density at radius 3 is 2.61 bits per heavy atom. The van der Waals surface area contributed by atoms with Gasteiger partial charge in [-0.2, -0.15) is 0 Å². The second-order valence-corrected chi connectivity index (χ2v) is 5.63. The largest absolute Gasteiger partial charge is 0.338 e. The Hall–Kier alpha value is -1.06. The third-order valence-electron chi connectivity index (χ3n) is 2.91. The molecule has 0 radical (unpaired) electrons. The van der Waals surface area contributed by atoms with E-state index in [-0.39, 0.29) is 11.3 Å². The van der Waals surface area contributed by atoms with Crippen molar-refractivity contribution in [3.8, 4) is 0 Å². The summed E-state index contributed by atoms with van der Waals surface area (Å²) in [5.41, 5.74) is 6.26. The van der Waals surface area contributed by atoms with Gasteiger partial charge >= 0.3 is 0 Å². The van der Waals surface area contributed by atoms with E-state index < -0.39 is 0 Å². The molecule has 0 bridgehead atoms. The first-order chi connectivity index (χ1) is 8.39.